The third-order valence-electron chi connectivity index (χ3n) is 3.13. The number of ether oxygens (including phenoxy) is 1. The fraction of sp³-hybridized carbons (Fsp3) is 0.538. The zero-order chi connectivity index (χ0) is 13.8. The van der Waals surface area contributed by atoms with Crippen LogP contribution in [0.3, 0.4) is 0 Å². The molecule has 18 heavy (non-hydrogen) atoms. The molecule has 1 aromatic carbocycles. The molecule has 0 aromatic heterocycles. The molecular formula is C13H20Br2N2O. The average molecular weight is 380 g/mol. The van der Waals surface area contributed by atoms with Crippen molar-refractivity contribution < 1.29 is 4.74 Å². The number of methoxy groups -OCH3 is 1. The number of hydrogen-bond acceptors (Lipinski definition) is 3. The summed E-state index contributed by atoms with van der Waals surface area (Å²) in [5.41, 5.74) is 3.91. The van der Waals surface area contributed by atoms with Gasteiger partial charge >= 0.3 is 0 Å². The number of nitrogens with one attached hydrogen (secondary N) is 1. The molecule has 0 amide bonds. The highest BCUT2D eigenvalue weighted by molar-refractivity contribution is 9.11. The first-order valence-electron chi connectivity index (χ1n) is 5.86. The van der Waals surface area contributed by atoms with E-state index in [-0.39, 0.29) is 11.6 Å². The minimum Gasteiger partial charge on any atom is -0.379 e. The molecule has 0 aliphatic heterocycles. The summed E-state index contributed by atoms with van der Waals surface area (Å²) < 4.78 is 7.53. The third-order valence-corrected chi connectivity index (χ3v) is 4.31. The van der Waals surface area contributed by atoms with Gasteiger partial charge in [-0.1, -0.05) is 37.9 Å². The lowest BCUT2D eigenvalue weighted by Crippen LogP contribution is -2.31. The Morgan fingerprint density at radius 1 is 1.39 bits per heavy atom. The predicted octanol–water partition coefficient (Wildman–Crippen LogP) is 3.92. The van der Waals surface area contributed by atoms with Crippen LogP contribution in [0, 0.1) is 0 Å². The van der Waals surface area contributed by atoms with Crippen LogP contribution in [0.5, 0.6) is 0 Å². The minimum atomic E-state index is -0.128. The Hall–Kier alpha value is 0.0600. The summed E-state index contributed by atoms with van der Waals surface area (Å²) >= 11 is 7.02. The van der Waals surface area contributed by atoms with E-state index in [9.17, 15) is 0 Å². The molecule has 0 radical (unpaired) electrons. The van der Waals surface area contributed by atoms with Gasteiger partial charge in [-0.25, -0.2) is 0 Å². The molecule has 1 aromatic rings. The Morgan fingerprint density at radius 2 is 2.06 bits per heavy atom. The number of hydrazine groups is 1. The van der Waals surface area contributed by atoms with Gasteiger partial charge < -0.3 is 4.74 Å². The van der Waals surface area contributed by atoms with Crippen LogP contribution in [0.4, 0.5) is 0 Å². The average Bonchev–Trinajstić information content (AvgIpc) is 2.32. The van der Waals surface area contributed by atoms with Gasteiger partial charge in [0.2, 0.25) is 0 Å². The number of nitrogens with two attached hydrogens (primary N) is 1. The maximum absolute atomic E-state index is 5.66. The van der Waals surface area contributed by atoms with Crippen LogP contribution < -0.4 is 11.3 Å². The molecule has 0 aliphatic rings. The molecule has 102 valence electrons. The Labute approximate surface area is 126 Å². The Kier molecular flexibility index (Phi) is 6.27. The van der Waals surface area contributed by atoms with Crippen LogP contribution >= 0.6 is 31.9 Å². The van der Waals surface area contributed by atoms with Crippen molar-refractivity contribution in [3.63, 3.8) is 0 Å². The topological polar surface area (TPSA) is 47.3 Å². The first kappa shape index (κ1) is 16.1. The van der Waals surface area contributed by atoms with E-state index < -0.39 is 0 Å². The normalized spacial score (nSPS) is 13.7. The van der Waals surface area contributed by atoms with Crippen molar-refractivity contribution in [2.24, 2.45) is 5.84 Å². The van der Waals surface area contributed by atoms with Crippen LogP contribution in [0.15, 0.2) is 27.1 Å². The Balaban J connectivity index is 2.77. The van der Waals surface area contributed by atoms with E-state index in [1.807, 2.05) is 12.1 Å². The van der Waals surface area contributed by atoms with E-state index in [0.717, 1.165) is 27.4 Å². The first-order valence-corrected chi connectivity index (χ1v) is 7.44. The molecule has 1 unspecified atom stereocenters. The van der Waals surface area contributed by atoms with Crippen LogP contribution in [0.2, 0.25) is 0 Å². The number of halogens is 2. The molecule has 5 heteroatoms. The van der Waals surface area contributed by atoms with Gasteiger partial charge in [-0.3, -0.25) is 11.3 Å². The molecule has 1 rings (SSSR count). The molecule has 1 atom stereocenters. The smallest absolute Gasteiger partial charge is 0.0623 e. The summed E-state index contributed by atoms with van der Waals surface area (Å²) in [6, 6.07) is 6.23. The Bertz CT molecular complexity index is 397. The molecule has 0 heterocycles. The van der Waals surface area contributed by atoms with Crippen molar-refractivity contribution in [2.45, 2.75) is 38.3 Å². The zero-order valence-electron chi connectivity index (χ0n) is 11.0. The molecule has 0 bridgehead atoms. The highest BCUT2D eigenvalue weighted by atomic mass is 79.9. The van der Waals surface area contributed by atoms with Gasteiger partial charge in [-0.2, -0.15) is 0 Å². The highest BCUT2D eigenvalue weighted by Crippen LogP contribution is 2.30. The summed E-state index contributed by atoms with van der Waals surface area (Å²) in [7, 11) is 1.74. The molecule has 3 N–H and O–H groups in total. The van der Waals surface area contributed by atoms with Gasteiger partial charge in [0.15, 0.2) is 0 Å². The van der Waals surface area contributed by atoms with Gasteiger partial charge in [-0.05, 0) is 44.4 Å². The van der Waals surface area contributed by atoms with Crippen LogP contribution in [0.25, 0.3) is 0 Å². The van der Waals surface area contributed by atoms with Gasteiger partial charge in [0.05, 0.1) is 5.60 Å². The van der Waals surface area contributed by atoms with Gasteiger partial charge in [-0.15, -0.1) is 0 Å². The number of hydrogen-bond donors (Lipinski definition) is 2. The lowest BCUT2D eigenvalue weighted by molar-refractivity contribution is 0.0116. The SMILES string of the molecule is COC(C)(C)CCC(NN)c1ccc(Br)cc1Br. The predicted molar refractivity (Wildman–Crippen MR) is 82.2 cm³/mol. The number of benzene rings is 1. The second kappa shape index (κ2) is 7.01. The van der Waals surface area contributed by atoms with E-state index in [0.29, 0.717) is 0 Å². The van der Waals surface area contributed by atoms with E-state index in [4.69, 9.17) is 10.6 Å². The highest BCUT2D eigenvalue weighted by Gasteiger charge is 2.20. The van der Waals surface area contributed by atoms with Crippen molar-refractivity contribution in [2.75, 3.05) is 7.11 Å². The summed E-state index contributed by atoms with van der Waals surface area (Å²) in [5, 5.41) is 0. The van der Waals surface area contributed by atoms with E-state index in [2.05, 4.69) is 57.2 Å². The Morgan fingerprint density at radius 3 is 2.56 bits per heavy atom. The van der Waals surface area contributed by atoms with Crippen LogP contribution in [-0.4, -0.2) is 12.7 Å². The fourth-order valence-electron chi connectivity index (χ4n) is 1.71. The summed E-state index contributed by atoms with van der Waals surface area (Å²) in [5.74, 6) is 5.66. The maximum Gasteiger partial charge on any atom is 0.0623 e. The standard InChI is InChI=1S/C13H20Br2N2O/c1-13(2,18-3)7-6-12(17-16)10-5-4-9(14)8-11(10)15/h4-5,8,12,17H,6-7,16H2,1-3H3. The molecule has 0 saturated heterocycles. The maximum atomic E-state index is 5.66. The quantitative estimate of drug-likeness (QED) is 0.581. The van der Waals surface area contributed by atoms with Gasteiger partial charge in [0, 0.05) is 22.1 Å². The molecular weight excluding hydrogens is 360 g/mol. The van der Waals surface area contributed by atoms with Crippen LogP contribution in [-0.2, 0) is 4.74 Å². The lowest BCUT2D eigenvalue weighted by Gasteiger charge is -2.26. The van der Waals surface area contributed by atoms with E-state index in [1.54, 1.807) is 7.11 Å². The fourth-order valence-corrected chi connectivity index (χ4v) is 3.03. The van der Waals surface area contributed by atoms with Crippen molar-refractivity contribution in [3.05, 3.63) is 32.7 Å². The monoisotopic (exact) mass is 378 g/mol. The summed E-state index contributed by atoms with van der Waals surface area (Å²) in [6.07, 6.45) is 1.85. The molecule has 0 spiro atoms. The molecule has 0 aliphatic carbocycles. The summed E-state index contributed by atoms with van der Waals surface area (Å²) in [6.45, 7) is 4.16. The minimum absolute atomic E-state index is 0.113. The van der Waals surface area contributed by atoms with Gasteiger partial charge in [0.25, 0.3) is 0 Å². The number of rotatable bonds is 6. The van der Waals surface area contributed by atoms with E-state index in [1.165, 1.54) is 0 Å². The van der Waals surface area contributed by atoms with Crippen LogP contribution in [0.1, 0.15) is 38.3 Å². The van der Waals surface area contributed by atoms with Crippen molar-refractivity contribution in [3.8, 4) is 0 Å². The second-order valence-corrected chi connectivity index (χ2v) is 6.66. The van der Waals surface area contributed by atoms with Crippen molar-refractivity contribution >= 4 is 31.9 Å². The molecule has 3 nitrogen and oxygen atoms in total. The third kappa shape index (κ3) is 4.63. The first-order chi connectivity index (χ1) is 8.39. The molecule has 0 fully saturated rings. The lowest BCUT2D eigenvalue weighted by atomic mass is 9.95. The van der Waals surface area contributed by atoms with E-state index >= 15 is 0 Å². The molecule has 0 saturated carbocycles. The van der Waals surface area contributed by atoms with Crippen molar-refractivity contribution in [1.82, 2.24) is 5.43 Å². The summed E-state index contributed by atoms with van der Waals surface area (Å²) in [4.78, 5) is 0. The second-order valence-electron chi connectivity index (χ2n) is 4.89. The largest absolute Gasteiger partial charge is 0.379 e. The van der Waals surface area contributed by atoms with Crippen molar-refractivity contribution in [1.29, 1.82) is 0 Å². The zero-order valence-corrected chi connectivity index (χ0v) is 14.1. The van der Waals surface area contributed by atoms with Gasteiger partial charge in [0.1, 0.15) is 0 Å².